The van der Waals surface area contributed by atoms with Crippen molar-refractivity contribution >= 4 is 34.4 Å². The fourth-order valence-corrected chi connectivity index (χ4v) is 3.62. The first-order valence-electron chi connectivity index (χ1n) is 6.89. The Kier molecular flexibility index (Phi) is 3.70. The van der Waals surface area contributed by atoms with Gasteiger partial charge in [0.2, 0.25) is 0 Å². The van der Waals surface area contributed by atoms with Crippen molar-refractivity contribution < 1.29 is 9.47 Å². The fraction of sp³-hybridized carbons (Fsp3) is 0.188. The van der Waals surface area contributed by atoms with E-state index in [1.807, 2.05) is 36.4 Å². The van der Waals surface area contributed by atoms with E-state index in [-0.39, 0.29) is 6.79 Å². The lowest BCUT2D eigenvalue weighted by Gasteiger charge is -2.20. The molecule has 22 heavy (non-hydrogen) atoms. The Morgan fingerprint density at radius 3 is 3.09 bits per heavy atom. The van der Waals surface area contributed by atoms with E-state index in [1.165, 1.54) is 0 Å². The number of fused-ring (bicyclic) bond motifs is 2. The minimum Gasteiger partial charge on any atom is -0.467 e. The molecule has 3 aromatic rings. The highest BCUT2D eigenvalue weighted by atomic mass is 35.5. The Balaban J connectivity index is 1.59. The molecule has 1 aromatic heterocycles. The molecule has 2 heterocycles. The normalized spacial score (nSPS) is 13.9. The molecule has 0 bridgehead atoms. The van der Waals surface area contributed by atoms with E-state index in [0.29, 0.717) is 11.6 Å². The number of aromatic amines is 1. The van der Waals surface area contributed by atoms with Crippen LogP contribution < -0.4 is 4.74 Å². The lowest BCUT2D eigenvalue weighted by Crippen LogP contribution is -2.12. The molecule has 2 aromatic carbocycles. The van der Waals surface area contributed by atoms with Gasteiger partial charge in [-0.05, 0) is 24.3 Å². The number of aromatic nitrogens is 2. The van der Waals surface area contributed by atoms with Crippen molar-refractivity contribution in [3.63, 3.8) is 0 Å². The maximum atomic E-state index is 6.18. The number of thioether (sulfide) groups is 1. The van der Waals surface area contributed by atoms with Crippen LogP contribution >= 0.6 is 23.4 Å². The molecule has 4 nitrogen and oxygen atoms in total. The minimum absolute atomic E-state index is 0.289. The van der Waals surface area contributed by atoms with Crippen LogP contribution in [0.5, 0.6) is 5.75 Å². The van der Waals surface area contributed by atoms with Gasteiger partial charge < -0.3 is 14.5 Å². The Morgan fingerprint density at radius 2 is 2.18 bits per heavy atom. The van der Waals surface area contributed by atoms with Crippen molar-refractivity contribution in [2.24, 2.45) is 0 Å². The van der Waals surface area contributed by atoms with Crippen LogP contribution in [-0.4, -0.2) is 16.8 Å². The molecule has 0 spiro atoms. The Bertz CT molecular complexity index is 801. The van der Waals surface area contributed by atoms with Crippen LogP contribution in [0.4, 0.5) is 0 Å². The number of rotatable bonds is 3. The standard InChI is InChI=1S/C16H13ClN2O2S/c17-12-5-10-7-20-9-21-15(10)11(6-12)8-22-16-18-13-3-1-2-4-14(13)19-16/h1-6H,7-9H2,(H,18,19). The van der Waals surface area contributed by atoms with Gasteiger partial charge in [0.1, 0.15) is 5.75 Å². The number of para-hydroxylation sites is 2. The van der Waals surface area contributed by atoms with E-state index in [2.05, 4.69) is 9.97 Å². The van der Waals surface area contributed by atoms with Crippen molar-refractivity contribution in [1.82, 2.24) is 9.97 Å². The number of hydrogen-bond acceptors (Lipinski definition) is 4. The molecule has 0 radical (unpaired) electrons. The predicted molar refractivity (Wildman–Crippen MR) is 87.4 cm³/mol. The zero-order valence-corrected chi connectivity index (χ0v) is 13.2. The van der Waals surface area contributed by atoms with Crippen LogP contribution in [0.25, 0.3) is 11.0 Å². The van der Waals surface area contributed by atoms with Crippen LogP contribution in [0.1, 0.15) is 11.1 Å². The van der Waals surface area contributed by atoms with Crippen molar-refractivity contribution in [2.75, 3.05) is 6.79 Å². The number of benzene rings is 2. The van der Waals surface area contributed by atoms with Crippen LogP contribution in [-0.2, 0) is 17.1 Å². The molecule has 0 saturated carbocycles. The topological polar surface area (TPSA) is 47.1 Å². The summed E-state index contributed by atoms with van der Waals surface area (Å²) in [6.45, 7) is 0.829. The molecule has 1 aliphatic rings. The second kappa shape index (κ2) is 5.83. The third-order valence-electron chi connectivity index (χ3n) is 3.48. The Hall–Kier alpha value is -1.69. The second-order valence-corrected chi connectivity index (χ2v) is 6.41. The molecule has 0 fully saturated rings. The van der Waals surface area contributed by atoms with Crippen molar-refractivity contribution in [1.29, 1.82) is 0 Å². The number of imidazole rings is 1. The van der Waals surface area contributed by atoms with Gasteiger partial charge in [-0.25, -0.2) is 4.98 Å². The predicted octanol–water partition coefficient (Wildman–Crippen LogP) is 4.38. The van der Waals surface area contributed by atoms with E-state index in [0.717, 1.165) is 38.8 Å². The molecule has 0 unspecified atom stereocenters. The van der Waals surface area contributed by atoms with E-state index < -0.39 is 0 Å². The summed E-state index contributed by atoms with van der Waals surface area (Å²) in [6.07, 6.45) is 0. The lowest BCUT2D eigenvalue weighted by atomic mass is 10.1. The van der Waals surface area contributed by atoms with Crippen molar-refractivity contribution in [3.05, 3.63) is 52.5 Å². The van der Waals surface area contributed by atoms with Gasteiger partial charge in [-0.3, -0.25) is 0 Å². The summed E-state index contributed by atoms with van der Waals surface area (Å²) in [5.74, 6) is 1.63. The van der Waals surface area contributed by atoms with Gasteiger partial charge in [0.25, 0.3) is 0 Å². The third-order valence-corrected chi connectivity index (χ3v) is 4.62. The minimum atomic E-state index is 0.289. The first-order valence-corrected chi connectivity index (χ1v) is 8.25. The summed E-state index contributed by atoms with van der Waals surface area (Å²) >= 11 is 7.82. The van der Waals surface area contributed by atoms with Gasteiger partial charge in [0.05, 0.1) is 17.6 Å². The summed E-state index contributed by atoms with van der Waals surface area (Å²) in [4.78, 5) is 7.89. The van der Waals surface area contributed by atoms with Crippen LogP contribution in [0, 0.1) is 0 Å². The zero-order valence-electron chi connectivity index (χ0n) is 11.6. The van der Waals surface area contributed by atoms with Gasteiger partial charge in [-0.15, -0.1) is 0 Å². The third kappa shape index (κ3) is 2.67. The summed E-state index contributed by atoms with van der Waals surface area (Å²) in [5.41, 5.74) is 4.08. The second-order valence-electron chi connectivity index (χ2n) is 5.01. The SMILES string of the molecule is Clc1cc2c(c(CSc3nc4ccccc4[nH]3)c1)OCOC2. The smallest absolute Gasteiger partial charge is 0.189 e. The molecule has 0 atom stereocenters. The maximum Gasteiger partial charge on any atom is 0.189 e. The number of hydrogen-bond donors (Lipinski definition) is 1. The summed E-state index contributed by atoms with van der Waals surface area (Å²) in [6, 6.07) is 11.8. The van der Waals surface area contributed by atoms with Crippen LogP contribution in [0.3, 0.4) is 0 Å². The highest BCUT2D eigenvalue weighted by Gasteiger charge is 2.17. The van der Waals surface area contributed by atoms with Crippen molar-refractivity contribution in [3.8, 4) is 5.75 Å². The molecule has 4 rings (SSSR count). The largest absolute Gasteiger partial charge is 0.467 e. The lowest BCUT2D eigenvalue weighted by molar-refractivity contribution is -0.0168. The zero-order chi connectivity index (χ0) is 14.9. The number of H-pyrrole nitrogens is 1. The van der Waals surface area contributed by atoms with Gasteiger partial charge >= 0.3 is 0 Å². The summed E-state index contributed by atoms with van der Waals surface area (Å²) < 4.78 is 10.9. The monoisotopic (exact) mass is 332 g/mol. The molecule has 112 valence electrons. The van der Waals surface area contributed by atoms with Gasteiger partial charge in [0, 0.05) is 21.9 Å². The first kappa shape index (κ1) is 13.9. The maximum absolute atomic E-state index is 6.18. The van der Waals surface area contributed by atoms with Crippen LogP contribution in [0.2, 0.25) is 5.02 Å². The van der Waals surface area contributed by atoms with Gasteiger partial charge in [-0.2, -0.15) is 0 Å². The highest BCUT2D eigenvalue weighted by Crippen LogP contribution is 2.35. The molecule has 1 N–H and O–H groups in total. The summed E-state index contributed by atoms with van der Waals surface area (Å²) in [7, 11) is 0. The van der Waals surface area contributed by atoms with E-state index in [1.54, 1.807) is 11.8 Å². The van der Waals surface area contributed by atoms with Crippen molar-refractivity contribution in [2.45, 2.75) is 17.5 Å². The van der Waals surface area contributed by atoms with Gasteiger partial charge in [-0.1, -0.05) is 35.5 Å². The average Bonchev–Trinajstić information content (AvgIpc) is 2.95. The Morgan fingerprint density at radius 1 is 1.27 bits per heavy atom. The average molecular weight is 333 g/mol. The number of halogens is 1. The van der Waals surface area contributed by atoms with E-state index in [9.17, 15) is 0 Å². The van der Waals surface area contributed by atoms with Crippen LogP contribution in [0.15, 0.2) is 41.6 Å². The molecular formula is C16H13ClN2O2S. The summed E-state index contributed by atoms with van der Waals surface area (Å²) in [5, 5.41) is 1.59. The molecule has 0 aliphatic carbocycles. The fourth-order valence-electron chi connectivity index (χ4n) is 2.51. The number of ether oxygens (including phenoxy) is 2. The molecular weight excluding hydrogens is 320 g/mol. The number of nitrogens with zero attached hydrogens (tertiary/aromatic N) is 1. The van der Waals surface area contributed by atoms with E-state index >= 15 is 0 Å². The van der Waals surface area contributed by atoms with E-state index in [4.69, 9.17) is 21.1 Å². The Labute approximate surface area is 136 Å². The molecule has 6 heteroatoms. The molecule has 0 amide bonds. The quantitative estimate of drug-likeness (QED) is 0.723. The molecule has 0 saturated heterocycles. The van der Waals surface area contributed by atoms with Gasteiger partial charge in [0.15, 0.2) is 11.9 Å². The number of nitrogens with one attached hydrogen (secondary N) is 1. The molecule has 1 aliphatic heterocycles. The first-order chi connectivity index (χ1) is 10.8. The highest BCUT2D eigenvalue weighted by molar-refractivity contribution is 7.98.